The first-order valence-corrected chi connectivity index (χ1v) is 7.28. The molecule has 4 heteroatoms. The van der Waals surface area contributed by atoms with Gasteiger partial charge in [0.2, 0.25) is 0 Å². The Balaban J connectivity index is 1.92. The van der Waals surface area contributed by atoms with Crippen molar-refractivity contribution in [3.05, 3.63) is 35.9 Å². The summed E-state index contributed by atoms with van der Waals surface area (Å²) in [6, 6.07) is 9.53. The SMILES string of the molecule is C[C@@H]1OC(=O)[C@@H](N)CCCC[C@H]1OCc1ccccc1. The molecule has 1 aromatic carbocycles. The van der Waals surface area contributed by atoms with Crippen molar-refractivity contribution in [2.45, 2.75) is 57.5 Å². The summed E-state index contributed by atoms with van der Waals surface area (Å²) >= 11 is 0. The minimum atomic E-state index is -0.495. The van der Waals surface area contributed by atoms with E-state index >= 15 is 0 Å². The molecule has 0 spiro atoms. The Hall–Kier alpha value is -1.39. The Morgan fingerprint density at radius 3 is 2.70 bits per heavy atom. The summed E-state index contributed by atoms with van der Waals surface area (Å²) in [5.41, 5.74) is 6.90. The van der Waals surface area contributed by atoms with Crippen molar-refractivity contribution in [3.8, 4) is 0 Å². The molecule has 0 aromatic heterocycles. The number of rotatable bonds is 3. The van der Waals surface area contributed by atoms with Gasteiger partial charge in [-0.3, -0.25) is 4.79 Å². The molecule has 1 fully saturated rings. The summed E-state index contributed by atoms with van der Waals surface area (Å²) in [4.78, 5) is 11.7. The molecule has 2 rings (SSSR count). The lowest BCUT2D eigenvalue weighted by molar-refractivity contribution is -0.158. The average Bonchev–Trinajstić information content (AvgIpc) is 2.51. The van der Waals surface area contributed by atoms with E-state index in [-0.39, 0.29) is 18.2 Å². The molecule has 4 nitrogen and oxygen atoms in total. The minimum absolute atomic E-state index is 0.0653. The van der Waals surface area contributed by atoms with Crippen LogP contribution < -0.4 is 5.73 Å². The Bertz CT molecular complexity index is 421. The van der Waals surface area contributed by atoms with Crippen LogP contribution in [0.2, 0.25) is 0 Å². The van der Waals surface area contributed by atoms with Crippen molar-refractivity contribution < 1.29 is 14.3 Å². The summed E-state index contributed by atoms with van der Waals surface area (Å²) in [5, 5.41) is 0. The molecule has 0 saturated carbocycles. The van der Waals surface area contributed by atoms with E-state index in [1.807, 2.05) is 37.3 Å². The molecule has 1 aromatic rings. The van der Waals surface area contributed by atoms with E-state index in [0.29, 0.717) is 13.0 Å². The molecule has 1 aliphatic rings. The molecule has 0 amide bonds. The third-order valence-corrected chi connectivity index (χ3v) is 3.69. The number of cyclic esters (lactones) is 1. The lowest BCUT2D eigenvalue weighted by atomic mass is 10.1. The van der Waals surface area contributed by atoms with Gasteiger partial charge in [0, 0.05) is 0 Å². The predicted molar refractivity (Wildman–Crippen MR) is 77.0 cm³/mol. The highest BCUT2D eigenvalue weighted by Gasteiger charge is 2.26. The zero-order valence-corrected chi connectivity index (χ0v) is 12.0. The molecule has 2 N–H and O–H groups in total. The summed E-state index contributed by atoms with van der Waals surface area (Å²) in [6.07, 6.45) is 3.22. The van der Waals surface area contributed by atoms with Gasteiger partial charge in [0.05, 0.1) is 12.7 Å². The van der Waals surface area contributed by atoms with Gasteiger partial charge in [0.15, 0.2) is 0 Å². The summed E-state index contributed by atoms with van der Waals surface area (Å²) in [7, 11) is 0. The quantitative estimate of drug-likeness (QED) is 0.862. The minimum Gasteiger partial charge on any atom is -0.459 e. The van der Waals surface area contributed by atoms with Crippen molar-refractivity contribution in [2.75, 3.05) is 0 Å². The van der Waals surface area contributed by atoms with Gasteiger partial charge < -0.3 is 15.2 Å². The average molecular weight is 277 g/mol. The smallest absolute Gasteiger partial charge is 0.323 e. The Morgan fingerprint density at radius 2 is 1.95 bits per heavy atom. The largest absolute Gasteiger partial charge is 0.459 e. The standard InChI is InChI=1S/C16H23NO3/c1-12-15(19-11-13-7-3-2-4-8-13)10-6-5-9-14(17)16(18)20-12/h2-4,7-8,12,14-15H,5-6,9-11,17H2,1H3/t12-,14-,15+/m0/s1. The second kappa shape index (κ2) is 7.41. The molecule has 1 heterocycles. The van der Waals surface area contributed by atoms with Crippen LogP contribution in [-0.2, 0) is 20.9 Å². The van der Waals surface area contributed by atoms with E-state index in [1.54, 1.807) is 0 Å². The van der Waals surface area contributed by atoms with Gasteiger partial charge in [0.25, 0.3) is 0 Å². The third-order valence-electron chi connectivity index (χ3n) is 3.69. The van der Waals surface area contributed by atoms with Gasteiger partial charge in [-0.05, 0) is 25.3 Å². The number of carbonyl (C=O) groups is 1. The number of benzene rings is 1. The number of hydrogen-bond acceptors (Lipinski definition) is 4. The first kappa shape index (κ1) is 15.0. The van der Waals surface area contributed by atoms with Crippen LogP contribution in [0.25, 0.3) is 0 Å². The fourth-order valence-corrected chi connectivity index (χ4v) is 2.41. The first-order chi connectivity index (χ1) is 9.66. The molecule has 20 heavy (non-hydrogen) atoms. The van der Waals surface area contributed by atoms with Gasteiger partial charge in [-0.2, -0.15) is 0 Å². The molecule has 0 bridgehead atoms. The zero-order chi connectivity index (χ0) is 14.4. The lowest BCUT2D eigenvalue weighted by Crippen LogP contribution is -2.37. The van der Waals surface area contributed by atoms with E-state index in [4.69, 9.17) is 15.2 Å². The van der Waals surface area contributed by atoms with Crippen LogP contribution >= 0.6 is 0 Å². The molecule has 3 atom stereocenters. The second-order valence-electron chi connectivity index (χ2n) is 5.37. The third kappa shape index (κ3) is 4.32. The summed E-state index contributed by atoms with van der Waals surface area (Å²) in [5.74, 6) is -0.312. The highest BCUT2D eigenvalue weighted by atomic mass is 16.6. The Kier molecular flexibility index (Phi) is 5.56. The molecular formula is C16H23NO3. The van der Waals surface area contributed by atoms with Crippen LogP contribution in [-0.4, -0.2) is 24.2 Å². The normalized spacial score (nSPS) is 28.1. The van der Waals surface area contributed by atoms with Crippen molar-refractivity contribution in [3.63, 3.8) is 0 Å². The van der Waals surface area contributed by atoms with E-state index in [0.717, 1.165) is 24.8 Å². The van der Waals surface area contributed by atoms with Crippen molar-refractivity contribution in [2.24, 2.45) is 5.73 Å². The van der Waals surface area contributed by atoms with Crippen LogP contribution in [0.1, 0.15) is 38.2 Å². The summed E-state index contributed by atoms with van der Waals surface area (Å²) in [6.45, 7) is 2.42. The Morgan fingerprint density at radius 1 is 1.25 bits per heavy atom. The highest BCUT2D eigenvalue weighted by molar-refractivity contribution is 5.75. The molecule has 0 aliphatic carbocycles. The Labute approximate surface area is 120 Å². The number of ether oxygens (including phenoxy) is 2. The zero-order valence-electron chi connectivity index (χ0n) is 12.0. The molecule has 1 saturated heterocycles. The van der Waals surface area contributed by atoms with Gasteiger partial charge in [-0.15, -0.1) is 0 Å². The van der Waals surface area contributed by atoms with E-state index < -0.39 is 6.04 Å². The van der Waals surface area contributed by atoms with Gasteiger partial charge >= 0.3 is 5.97 Å². The fraction of sp³-hybridized carbons (Fsp3) is 0.562. The van der Waals surface area contributed by atoms with Crippen LogP contribution in [0.15, 0.2) is 30.3 Å². The molecular weight excluding hydrogens is 254 g/mol. The van der Waals surface area contributed by atoms with Crippen LogP contribution in [0.3, 0.4) is 0 Å². The van der Waals surface area contributed by atoms with E-state index in [2.05, 4.69) is 0 Å². The number of esters is 1. The van der Waals surface area contributed by atoms with Gasteiger partial charge in [-0.1, -0.05) is 43.2 Å². The van der Waals surface area contributed by atoms with Crippen molar-refractivity contribution in [1.82, 2.24) is 0 Å². The second-order valence-corrected chi connectivity index (χ2v) is 5.37. The maximum Gasteiger partial charge on any atom is 0.323 e. The van der Waals surface area contributed by atoms with Crippen molar-refractivity contribution >= 4 is 5.97 Å². The molecule has 1 aliphatic heterocycles. The molecule has 0 unspecified atom stereocenters. The van der Waals surface area contributed by atoms with Gasteiger partial charge in [0.1, 0.15) is 12.1 Å². The lowest BCUT2D eigenvalue weighted by Gasteiger charge is -2.24. The van der Waals surface area contributed by atoms with Crippen molar-refractivity contribution in [1.29, 1.82) is 0 Å². The van der Waals surface area contributed by atoms with E-state index in [9.17, 15) is 4.79 Å². The maximum atomic E-state index is 11.7. The van der Waals surface area contributed by atoms with Crippen LogP contribution in [0.5, 0.6) is 0 Å². The monoisotopic (exact) mass is 277 g/mol. The fourth-order valence-electron chi connectivity index (χ4n) is 2.41. The van der Waals surface area contributed by atoms with Crippen LogP contribution in [0.4, 0.5) is 0 Å². The van der Waals surface area contributed by atoms with E-state index in [1.165, 1.54) is 0 Å². The number of nitrogens with two attached hydrogens (primary N) is 1. The van der Waals surface area contributed by atoms with Crippen LogP contribution in [0, 0.1) is 0 Å². The first-order valence-electron chi connectivity index (χ1n) is 7.28. The highest BCUT2D eigenvalue weighted by Crippen LogP contribution is 2.19. The molecule has 110 valence electrons. The van der Waals surface area contributed by atoms with Gasteiger partial charge in [-0.25, -0.2) is 0 Å². The molecule has 0 radical (unpaired) electrons. The predicted octanol–water partition coefficient (Wildman–Crippen LogP) is 2.40. The maximum absolute atomic E-state index is 11.7. The topological polar surface area (TPSA) is 61.5 Å². The number of carbonyl (C=O) groups excluding carboxylic acids is 1. The summed E-state index contributed by atoms with van der Waals surface area (Å²) < 4.78 is 11.3. The number of hydrogen-bond donors (Lipinski definition) is 1.